The maximum atomic E-state index is 4.18. The van der Waals surface area contributed by atoms with E-state index in [1.54, 1.807) is 12.4 Å². The van der Waals surface area contributed by atoms with E-state index in [2.05, 4.69) is 16.2 Å². The highest BCUT2D eigenvalue weighted by molar-refractivity contribution is 5.56. The minimum atomic E-state index is 0.908. The van der Waals surface area contributed by atoms with Crippen LogP contribution in [0.4, 0.5) is 0 Å². The van der Waals surface area contributed by atoms with E-state index in [4.69, 9.17) is 0 Å². The SMILES string of the molecule is [c]1ncccc1-c1ccccn1. The molecule has 2 nitrogen and oxygen atoms in total. The van der Waals surface area contributed by atoms with E-state index in [0.29, 0.717) is 0 Å². The molecule has 2 heterocycles. The highest BCUT2D eigenvalue weighted by Crippen LogP contribution is 2.12. The van der Waals surface area contributed by atoms with Crippen LogP contribution >= 0.6 is 0 Å². The molecule has 0 aliphatic heterocycles. The second-order valence-electron chi connectivity index (χ2n) is 2.38. The molecule has 0 saturated carbocycles. The lowest BCUT2D eigenvalue weighted by molar-refractivity contribution is 1.27. The molecule has 2 aromatic heterocycles. The van der Waals surface area contributed by atoms with Gasteiger partial charge in [0.15, 0.2) is 0 Å². The van der Waals surface area contributed by atoms with Crippen LogP contribution in [0.1, 0.15) is 0 Å². The van der Waals surface area contributed by atoms with Gasteiger partial charge in [0.2, 0.25) is 0 Å². The Morgan fingerprint density at radius 2 is 2.00 bits per heavy atom. The number of rotatable bonds is 1. The van der Waals surface area contributed by atoms with Crippen molar-refractivity contribution in [3.8, 4) is 11.3 Å². The quantitative estimate of drug-likeness (QED) is 0.629. The first-order valence-corrected chi connectivity index (χ1v) is 3.71. The van der Waals surface area contributed by atoms with Crippen LogP contribution < -0.4 is 0 Å². The molecule has 0 aliphatic rings. The topological polar surface area (TPSA) is 25.8 Å². The van der Waals surface area contributed by atoms with Gasteiger partial charge in [-0.2, -0.15) is 0 Å². The molecule has 2 heteroatoms. The molecule has 2 aromatic rings. The first-order chi connectivity index (χ1) is 5.97. The second kappa shape index (κ2) is 3.13. The van der Waals surface area contributed by atoms with Crippen molar-refractivity contribution < 1.29 is 0 Å². The number of hydrogen-bond acceptors (Lipinski definition) is 2. The summed E-state index contributed by atoms with van der Waals surface area (Å²) in [4.78, 5) is 8.07. The minimum Gasteiger partial charge on any atom is -0.256 e. The van der Waals surface area contributed by atoms with Crippen molar-refractivity contribution >= 4 is 0 Å². The molecule has 12 heavy (non-hydrogen) atoms. The van der Waals surface area contributed by atoms with Gasteiger partial charge >= 0.3 is 0 Å². The van der Waals surface area contributed by atoms with Gasteiger partial charge in [-0.25, -0.2) is 0 Å². The van der Waals surface area contributed by atoms with Gasteiger partial charge in [0.25, 0.3) is 0 Å². The Morgan fingerprint density at radius 1 is 1.00 bits per heavy atom. The Kier molecular flexibility index (Phi) is 1.82. The molecule has 0 bridgehead atoms. The number of pyridine rings is 2. The lowest BCUT2D eigenvalue weighted by Gasteiger charge is -1.95. The zero-order valence-electron chi connectivity index (χ0n) is 6.44. The van der Waals surface area contributed by atoms with Gasteiger partial charge in [0.05, 0.1) is 11.9 Å². The Bertz CT molecular complexity index is 305. The van der Waals surface area contributed by atoms with Crippen LogP contribution in [0.5, 0.6) is 0 Å². The molecule has 0 atom stereocenters. The molecule has 0 unspecified atom stereocenters. The van der Waals surface area contributed by atoms with E-state index in [9.17, 15) is 0 Å². The monoisotopic (exact) mass is 155 g/mol. The summed E-state index contributed by atoms with van der Waals surface area (Å²) in [6, 6.07) is 9.59. The van der Waals surface area contributed by atoms with Crippen molar-refractivity contribution in [1.82, 2.24) is 9.97 Å². The van der Waals surface area contributed by atoms with Crippen molar-refractivity contribution in [2.45, 2.75) is 0 Å². The predicted molar refractivity (Wildman–Crippen MR) is 46.3 cm³/mol. The van der Waals surface area contributed by atoms with E-state index in [0.717, 1.165) is 11.3 Å². The van der Waals surface area contributed by atoms with Crippen molar-refractivity contribution in [2.75, 3.05) is 0 Å². The van der Waals surface area contributed by atoms with Crippen LogP contribution in [0.3, 0.4) is 0 Å². The first-order valence-electron chi connectivity index (χ1n) is 3.71. The van der Waals surface area contributed by atoms with Crippen LogP contribution in [0.15, 0.2) is 42.7 Å². The molecule has 0 N–H and O–H groups in total. The van der Waals surface area contributed by atoms with Gasteiger partial charge in [-0.05, 0) is 24.3 Å². The third-order valence-corrected chi connectivity index (χ3v) is 1.55. The molecular weight excluding hydrogens is 148 g/mol. The molecule has 57 valence electrons. The maximum Gasteiger partial charge on any atom is 0.0987 e. The lowest BCUT2D eigenvalue weighted by atomic mass is 10.2. The van der Waals surface area contributed by atoms with Gasteiger partial charge in [0, 0.05) is 18.0 Å². The zero-order chi connectivity index (χ0) is 8.23. The summed E-state index contributed by atoms with van der Waals surface area (Å²) in [5.41, 5.74) is 1.84. The average Bonchev–Trinajstić information content (AvgIpc) is 2.21. The summed E-state index contributed by atoms with van der Waals surface area (Å²) in [5.74, 6) is 0. The predicted octanol–water partition coefficient (Wildman–Crippen LogP) is 1.94. The summed E-state index contributed by atoms with van der Waals surface area (Å²) in [7, 11) is 0. The molecule has 0 spiro atoms. The number of aromatic nitrogens is 2. The van der Waals surface area contributed by atoms with Crippen LogP contribution in [0.25, 0.3) is 11.3 Å². The average molecular weight is 155 g/mol. The fourth-order valence-electron chi connectivity index (χ4n) is 0.991. The number of hydrogen-bond donors (Lipinski definition) is 0. The van der Waals surface area contributed by atoms with E-state index in [1.165, 1.54) is 0 Å². The Balaban J connectivity index is 2.46. The summed E-state index contributed by atoms with van der Waals surface area (Å²) in [6.45, 7) is 0. The van der Waals surface area contributed by atoms with Crippen LogP contribution in [-0.2, 0) is 0 Å². The van der Waals surface area contributed by atoms with Crippen molar-refractivity contribution in [3.05, 3.63) is 48.9 Å². The van der Waals surface area contributed by atoms with E-state index in [-0.39, 0.29) is 0 Å². The molecule has 0 saturated heterocycles. The normalized spacial score (nSPS) is 9.67. The summed E-state index contributed by atoms with van der Waals surface area (Å²) in [6.07, 6.45) is 6.33. The lowest BCUT2D eigenvalue weighted by Crippen LogP contribution is -1.82. The minimum absolute atomic E-state index is 0.908. The molecule has 0 aromatic carbocycles. The highest BCUT2D eigenvalue weighted by Gasteiger charge is 1.95. The first kappa shape index (κ1) is 6.98. The van der Waals surface area contributed by atoms with Gasteiger partial charge in [-0.3, -0.25) is 9.97 Å². The van der Waals surface area contributed by atoms with E-state index in [1.807, 2.05) is 30.3 Å². The molecule has 0 amide bonds. The van der Waals surface area contributed by atoms with Gasteiger partial charge in [-0.15, -0.1) is 0 Å². The fourth-order valence-corrected chi connectivity index (χ4v) is 0.991. The molecular formula is C10H7N2. The van der Waals surface area contributed by atoms with E-state index >= 15 is 0 Å². The third kappa shape index (κ3) is 1.32. The highest BCUT2D eigenvalue weighted by atomic mass is 14.7. The second-order valence-corrected chi connectivity index (χ2v) is 2.38. The Labute approximate surface area is 70.9 Å². The van der Waals surface area contributed by atoms with Crippen LogP contribution in [0.2, 0.25) is 0 Å². The standard InChI is InChI=1S/C10H7N2/c1-2-7-12-10(5-1)9-4-3-6-11-8-9/h1-7H. The van der Waals surface area contributed by atoms with Gasteiger partial charge in [0.1, 0.15) is 0 Å². The summed E-state index contributed by atoms with van der Waals surface area (Å²) >= 11 is 0. The van der Waals surface area contributed by atoms with Crippen LogP contribution in [0, 0.1) is 6.20 Å². The number of nitrogens with zero attached hydrogens (tertiary/aromatic N) is 2. The van der Waals surface area contributed by atoms with Gasteiger partial charge < -0.3 is 0 Å². The van der Waals surface area contributed by atoms with E-state index < -0.39 is 0 Å². The fraction of sp³-hybridized carbons (Fsp3) is 0. The third-order valence-electron chi connectivity index (χ3n) is 1.55. The summed E-state index contributed by atoms with van der Waals surface area (Å²) in [5, 5.41) is 0. The smallest absolute Gasteiger partial charge is 0.0987 e. The zero-order valence-corrected chi connectivity index (χ0v) is 6.44. The molecule has 2 rings (SSSR count). The summed E-state index contributed by atoms with van der Waals surface area (Å²) < 4.78 is 0. The van der Waals surface area contributed by atoms with Crippen molar-refractivity contribution in [2.24, 2.45) is 0 Å². The molecule has 1 radical (unpaired) electrons. The maximum absolute atomic E-state index is 4.18. The Hall–Kier alpha value is -1.70. The Morgan fingerprint density at radius 3 is 2.67 bits per heavy atom. The van der Waals surface area contributed by atoms with Crippen LogP contribution in [-0.4, -0.2) is 9.97 Å². The molecule has 0 aliphatic carbocycles. The molecule has 0 fully saturated rings. The van der Waals surface area contributed by atoms with Gasteiger partial charge in [-0.1, -0.05) is 6.07 Å². The largest absolute Gasteiger partial charge is 0.256 e. The van der Waals surface area contributed by atoms with Crippen molar-refractivity contribution in [3.63, 3.8) is 0 Å². The van der Waals surface area contributed by atoms with Crippen molar-refractivity contribution in [1.29, 1.82) is 0 Å².